The molecule has 0 saturated carbocycles. The van der Waals surface area contributed by atoms with Gasteiger partial charge in [-0.2, -0.15) is 0 Å². The highest BCUT2D eigenvalue weighted by molar-refractivity contribution is 5.91. The Hall–Kier alpha value is -3.15. The number of para-hydroxylation sites is 1. The van der Waals surface area contributed by atoms with Crippen LogP contribution in [0.2, 0.25) is 0 Å². The Morgan fingerprint density at radius 2 is 1.59 bits per heavy atom. The summed E-state index contributed by atoms with van der Waals surface area (Å²) < 4.78 is 11.5. The fourth-order valence-electron chi connectivity index (χ4n) is 4.21. The van der Waals surface area contributed by atoms with E-state index in [1.165, 1.54) is 16.7 Å². The third kappa shape index (κ3) is 10.8. The summed E-state index contributed by atoms with van der Waals surface area (Å²) in [5.74, 6) is 0.849. The van der Waals surface area contributed by atoms with Crippen LogP contribution in [0, 0.1) is 0 Å². The first-order valence-corrected chi connectivity index (χ1v) is 13.6. The number of benzene rings is 3. The number of unbranched alkanes of at least 4 members (excludes halogenated alkanes) is 1. The molecule has 0 heterocycles. The Bertz CT molecular complexity index is 1070. The smallest absolute Gasteiger partial charge is 0.250 e. The van der Waals surface area contributed by atoms with Crippen LogP contribution in [-0.2, 0) is 35.4 Å². The van der Waals surface area contributed by atoms with E-state index in [0.717, 1.165) is 75.2 Å². The normalized spacial score (nSPS) is 10.9. The van der Waals surface area contributed by atoms with Crippen molar-refractivity contribution in [3.63, 3.8) is 0 Å². The van der Waals surface area contributed by atoms with Gasteiger partial charge in [-0.15, -0.1) is 0 Å². The number of amides is 1. The zero-order chi connectivity index (χ0) is 26.1. The van der Waals surface area contributed by atoms with Crippen LogP contribution in [0.25, 0.3) is 0 Å². The molecule has 0 aliphatic rings. The van der Waals surface area contributed by atoms with E-state index in [2.05, 4.69) is 60.9 Å². The molecule has 3 rings (SSSR count). The summed E-state index contributed by atoms with van der Waals surface area (Å²) in [7, 11) is 0. The molecular formula is C32H42N2O3. The highest BCUT2D eigenvalue weighted by Crippen LogP contribution is 2.20. The minimum Gasteiger partial charge on any atom is -0.494 e. The first kappa shape index (κ1) is 28.4. The van der Waals surface area contributed by atoms with Crippen LogP contribution in [-0.4, -0.2) is 32.2 Å². The summed E-state index contributed by atoms with van der Waals surface area (Å²) in [6.07, 6.45) is 6.44. The van der Waals surface area contributed by atoms with Gasteiger partial charge in [0.25, 0.3) is 0 Å². The molecule has 0 unspecified atom stereocenters. The minimum atomic E-state index is -0.146. The third-order valence-electron chi connectivity index (χ3n) is 6.18. The number of ether oxygens (including phenoxy) is 2. The zero-order valence-electron chi connectivity index (χ0n) is 22.4. The monoisotopic (exact) mass is 502 g/mol. The first-order chi connectivity index (χ1) is 18.2. The molecular weight excluding hydrogens is 460 g/mol. The predicted molar refractivity (Wildman–Crippen MR) is 152 cm³/mol. The van der Waals surface area contributed by atoms with E-state index in [1.807, 2.05) is 36.4 Å². The van der Waals surface area contributed by atoms with Gasteiger partial charge in [0.2, 0.25) is 5.91 Å². The Balaban J connectivity index is 1.36. The number of carbonyl (C=O) groups excluding carboxylic acids is 1. The molecule has 0 bridgehead atoms. The Morgan fingerprint density at radius 3 is 2.41 bits per heavy atom. The molecule has 0 aliphatic heterocycles. The van der Waals surface area contributed by atoms with Crippen LogP contribution in [0.1, 0.15) is 55.4 Å². The largest absolute Gasteiger partial charge is 0.494 e. The average Bonchev–Trinajstić information content (AvgIpc) is 2.91. The molecule has 3 aromatic rings. The van der Waals surface area contributed by atoms with Gasteiger partial charge in [0.05, 0.1) is 13.2 Å². The van der Waals surface area contributed by atoms with Crippen molar-refractivity contribution in [1.29, 1.82) is 0 Å². The summed E-state index contributed by atoms with van der Waals surface area (Å²) in [5.41, 5.74) is 5.94. The van der Waals surface area contributed by atoms with Crippen LogP contribution in [0.4, 0.5) is 5.69 Å². The topological polar surface area (TPSA) is 59.6 Å². The maximum atomic E-state index is 12.1. The van der Waals surface area contributed by atoms with Gasteiger partial charge in [-0.3, -0.25) is 4.79 Å². The Labute approximate surface area is 222 Å². The highest BCUT2D eigenvalue weighted by atomic mass is 16.5. The number of carbonyl (C=O) groups is 1. The molecule has 0 spiro atoms. The lowest BCUT2D eigenvalue weighted by atomic mass is 10.00. The standard InChI is InChI=1S/C32H42N2O3/c1-3-5-21-37-31-16-15-28(29(23-31)10-4-2)18-20-33-19-17-26-11-9-12-27(22-26)24-36-25-32(35)34-30-13-7-6-8-14-30/h6-9,11-16,22-23,33H,3-5,10,17-21,24-25H2,1-2H3,(H,34,35). The van der Waals surface area contributed by atoms with Crippen molar-refractivity contribution < 1.29 is 14.3 Å². The fraction of sp³-hybridized carbons (Fsp3) is 0.406. The van der Waals surface area contributed by atoms with Crippen molar-refractivity contribution in [1.82, 2.24) is 5.32 Å². The van der Waals surface area contributed by atoms with E-state index >= 15 is 0 Å². The van der Waals surface area contributed by atoms with Crippen LogP contribution in [0.3, 0.4) is 0 Å². The molecule has 37 heavy (non-hydrogen) atoms. The molecule has 0 saturated heterocycles. The molecule has 3 aromatic carbocycles. The summed E-state index contributed by atoms with van der Waals surface area (Å²) in [6.45, 7) is 7.53. The van der Waals surface area contributed by atoms with Gasteiger partial charge < -0.3 is 20.1 Å². The minimum absolute atomic E-state index is 0.0343. The molecule has 0 radical (unpaired) electrons. The molecule has 198 valence electrons. The Morgan fingerprint density at radius 1 is 0.784 bits per heavy atom. The van der Waals surface area contributed by atoms with Crippen LogP contribution in [0.15, 0.2) is 72.8 Å². The van der Waals surface area contributed by atoms with E-state index in [4.69, 9.17) is 9.47 Å². The first-order valence-electron chi connectivity index (χ1n) is 13.6. The van der Waals surface area contributed by atoms with Gasteiger partial charge in [0.15, 0.2) is 0 Å². The highest BCUT2D eigenvalue weighted by Gasteiger charge is 2.06. The predicted octanol–water partition coefficient (Wildman–Crippen LogP) is 6.35. The summed E-state index contributed by atoms with van der Waals surface area (Å²) >= 11 is 0. The second kappa shape index (κ2) is 16.6. The molecule has 2 N–H and O–H groups in total. The number of rotatable bonds is 17. The summed E-state index contributed by atoms with van der Waals surface area (Å²) in [5, 5.41) is 6.43. The van der Waals surface area contributed by atoms with Gasteiger partial charge in [0, 0.05) is 5.69 Å². The molecule has 5 heteroatoms. The van der Waals surface area contributed by atoms with E-state index in [1.54, 1.807) is 0 Å². The Kier molecular flexibility index (Phi) is 12.7. The zero-order valence-corrected chi connectivity index (χ0v) is 22.4. The van der Waals surface area contributed by atoms with E-state index < -0.39 is 0 Å². The molecule has 1 amide bonds. The van der Waals surface area contributed by atoms with Gasteiger partial charge >= 0.3 is 0 Å². The fourth-order valence-corrected chi connectivity index (χ4v) is 4.21. The van der Waals surface area contributed by atoms with Crippen LogP contribution < -0.4 is 15.4 Å². The molecule has 0 atom stereocenters. The van der Waals surface area contributed by atoms with Crippen LogP contribution in [0.5, 0.6) is 5.75 Å². The van der Waals surface area contributed by atoms with Gasteiger partial charge in [-0.25, -0.2) is 0 Å². The second-order valence-corrected chi connectivity index (χ2v) is 9.36. The molecule has 0 fully saturated rings. The number of hydrogen-bond acceptors (Lipinski definition) is 4. The van der Waals surface area contributed by atoms with Gasteiger partial charge in [-0.1, -0.05) is 75.2 Å². The average molecular weight is 503 g/mol. The van der Waals surface area contributed by atoms with E-state index in [0.29, 0.717) is 6.61 Å². The van der Waals surface area contributed by atoms with Crippen molar-refractivity contribution in [2.24, 2.45) is 0 Å². The quantitative estimate of drug-likeness (QED) is 0.211. The lowest BCUT2D eigenvalue weighted by Crippen LogP contribution is -2.20. The number of anilines is 1. The maximum Gasteiger partial charge on any atom is 0.250 e. The second-order valence-electron chi connectivity index (χ2n) is 9.36. The number of aryl methyl sites for hydroxylation is 1. The summed E-state index contributed by atoms with van der Waals surface area (Å²) in [6, 6.07) is 24.4. The van der Waals surface area contributed by atoms with Crippen molar-refractivity contribution in [2.75, 3.05) is 31.6 Å². The third-order valence-corrected chi connectivity index (χ3v) is 6.18. The lowest BCUT2D eigenvalue weighted by Gasteiger charge is -2.13. The van der Waals surface area contributed by atoms with Gasteiger partial charge in [0.1, 0.15) is 12.4 Å². The van der Waals surface area contributed by atoms with Crippen molar-refractivity contribution in [3.05, 3.63) is 95.1 Å². The van der Waals surface area contributed by atoms with Crippen LogP contribution >= 0.6 is 0 Å². The number of nitrogens with one attached hydrogen (secondary N) is 2. The SMILES string of the molecule is CCCCOc1ccc(CCNCCc2cccc(COCC(=O)Nc3ccccc3)c2)c(CCC)c1. The van der Waals surface area contributed by atoms with Crippen molar-refractivity contribution in [3.8, 4) is 5.75 Å². The maximum absolute atomic E-state index is 12.1. The number of hydrogen-bond donors (Lipinski definition) is 2. The molecule has 0 aliphatic carbocycles. The van der Waals surface area contributed by atoms with E-state index in [-0.39, 0.29) is 12.5 Å². The molecule has 5 nitrogen and oxygen atoms in total. The van der Waals surface area contributed by atoms with E-state index in [9.17, 15) is 4.79 Å². The summed E-state index contributed by atoms with van der Waals surface area (Å²) in [4.78, 5) is 12.1. The van der Waals surface area contributed by atoms with Crippen molar-refractivity contribution >= 4 is 11.6 Å². The van der Waals surface area contributed by atoms with Gasteiger partial charge in [-0.05, 0) is 85.3 Å². The lowest BCUT2D eigenvalue weighted by molar-refractivity contribution is -0.121. The molecule has 0 aromatic heterocycles. The van der Waals surface area contributed by atoms with Crippen molar-refractivity contribution in [2.45, 2.75) is 59.0 Å².